The van der Waals surface area contributed by atoms with E-state index in [0.717, 1.165) is 22.4 Å². The molecule has 0 fully saturated rings. The zero-order valence-corrected chi connectivity index (χ0v) is 24.6. The predicted octanol–water partition coefficient (Wildman–Crippen LogP) is 7.84. The van der Waals surface area contributed by atoms with Crippen molar-refractivity contribution in [3.8, 4) is 5.88 Å². The van der Waals surface area contributed by atoms with Crippen LogP contribution in [0.5, 0.6) is 5.88 Å². The van der Waals surface area contributed by atoms with E-state index in [-0.39, 0.29) is 0 Å². The van der Waals surface area contributed by atoms with Crippen LogP contribution in [0.25, 0.3) is 11.0 Å². The van der Waals surface area contributed by atoms with Crippen LogP contribution >= 0.6 is 11.6 Å². The summed E-state index contributed by atoms with van der Waals surface area (Å²) in [5.74, 6) is 0.312. The van der Waals surface area contributed by atoms with Gasteiger partial charge in [0.25, 0.3) is 5.88 Å². The quantitative estimate of drug-likeness (QED) is 0.140. The third-order valence-electron chi connectivity index (χ3n) is 8.27. The third kappa shape index (κ3) is 4.87. The fourth-order valence-corrected chi connectivity index (χ4v) is 5.73. The Morgan fingerprint density at radius 3 is 1.90 bits per heavy atom. The van der Waals surface area contributed by atoms with Gasteiger partial charge in [0.1, 0.15) is 5.54 Å². The Kier molecular flexibility index (Phi) is 7.13. The summed E-state index contributed by atoms with van der Waals surface area (Å²) in [5.41, 5.74) is 9.43. The number of hydrogen-bond acceptors (Lipinski definition) is 5. The molecule has 4 aromatic carbocycles. The molecule has 0 saturated heterocycles. The highest BCUT2D eigenvalue weighted by atomic mass is 35.5. The van der Waals surface area contributed by atoms with E-state index in [1.165, 1.54) is 0 Å². The lowest BCUT2D eigenvalue weighted by atomic mass is 9.76. The Morgan fingerprint density at radius 2 is 1.36 bits per heavy atom. The summed E-state index contributed by atoms with van der Waals surface area (Å²) in [6.45, 7) is 6.00. The molecule has 2 N–H and O–H groups in total. The zero-order valence-electron chi connectivity index (χ0n) is 23.9. The van der Waals surface area contributed by atoms with Gasteiger partial charge in [-0.15, -0.1) is 0 Å². The molecule has 1 unspecified atom stereocenters. The minimum atomic E-state index is -1.11. The van der Waals surface area contributed by atoms with E-state index in [1.54, 1.807) is 18.2 Å². The molecule has 0 spiro atoms. The minimum Gasteiger partial charge on any atom is -0.453 e. The van der Waals surface area contributed by atoms with E-state index in [2.05, 4.69) is 103 Å². The lowest BCUT2D eigenvalue weighted by Gasteiger charge is -2.40. The van der Waals surface area contributed by atoms with Gasteiger partial charge in [0, 0.05) is 23.1 Å². The van der Waals surface area contributed by atoms with Crippen molar-refractivity contribution < 1.29 is 9.26 Å². The van der Waals surface area contributed by atoms with Gasteiger partial charge >= 0.3 is 0 Å². The maximum atomic E-state index is 6.86. The van der Waals surface area contributed by atoms with Crippen LogP contribution in [0.15, 0.2) is 126 Å². The summed E-state index contributed by atoms with van der Waals surface area (Å²) in [7, 11) is 0. The Labute approximate surface area is 250 Å². The fourth-order valence-electron chi connectivity index (χ4n) is 5.55. The number of benzene rings is 4. The number of nitrogens with zero attached hydrogens (tertiary/aromatic N) is 3. The van der Waals surface area contributed by atoms with Crippen molar-refractivity contribution in [2.45, 2.75) is 38.5 Å². The van der Waals surface area contributed by atoms with E-state index in [0.29, 0.717) is 28.3 Å². The Balaban J connectivity index is 1.39. The predicted molar refractivity (Wildman–Crippen MR) is 167 cm³/mol. The maximum Gasteiger partial charge on any atom is 0.263 e. The normalized spacial score (nSPS) is 13.6. The van der Waals surface area contributed by atoms with E-state index >= 15 is 0 Å². The summed E-state index contributed by atoms with van der Waals surface area (Å²) in [5, 5.41) is 5.37. The van der Waals surface area contributed by atoms with Gasteiger partial charge in [-0.1, -0.05) is 116 Å². The van der Waals surface area contributed by atoms with Gasteiger partial charge < -0.3 is 13.8 Å². The van der Waals surface area contributed by atoms with Gasteiger partial charge in [-0.3, -0.25) is 5.73 Å². The van der Waals surface area contributed by atoms with Crippen molar-refractivity contribution >= 4 is 22.6 Å². The molecule has 0 saturated carbocycles. The lowest BCUT2D eigenvalue weighted by molar-refractivity contribution is -0.0266. The van der Waals surface area contributed by atoms with E-state index in [4.69, 9.17) is 31.6 Å². The first kappa shape index (κ1) is 27.8. The standard InChI is InChI=1S/C35H33ClN4O2/c1-33(2,34(3,37)41-32-30-21-28(36)19-20-31(30)42-39-32)22-29-23-40(24-38-29)35(25-13-7-4-8-14-25,26-15-9-5-10-16-26)27-17-11-6-12-18-27/h4-21,23-24H,22,37H2,1-3H3. The van der Waals surface area contributed by atoms with Crippen LogP contribution in [-0.2, 0) is 12.0 Å². The van der Waals surface area contributed by atoms with Gasteiger partial charge in [0.05, 0.1) is 17.4 Å². The molecule has 0 bridgehead atoms. The summed E-state index contributed by atoms with van der Waals surface area (Å²) in [6.07, 6.45) is 4.59. The second kappa shape index (κ2) is 10.8. The molecule has 2 heterocycles. The molecule has 6 nitrogen and oxygen atoms in total. The maximum absolute atomic E-state index is 6.86. The Morgan fingerprint density at radius 1 is 0.810 bits per heavy atom. The summed E-state index contributed by atoms with van der Waals surface area (Å²) >= 11 is 6.22. The van der Waals surface area contributed by atoms with E-state index in [1.807, 2.05) is 31.5 Å². The number of ether oxygens (including phenoxy) is 1. The summed E-state index contributed by atoms with van der Waals surface area (Å²) in [6, 6.07) is 36.9. The van der Waals surface area contributed by atoms with Crippen LogP contribution in [0.1, 0.15) is 43.2 Å². The Bertz CT molecular complexity index is 1700. The average Bonchev–Trinajstić information content (AvgIpc) is 3.61. The first-order valence-corrected chi connectivity index (χ1v) is 14.3. The van der Waals surface area contributed by atoms with Crippen molar-refractivity contribution in [3.63, 3.8) is 0 Å². The molecular weight excluding hydrogens is 544 g/mol. The molecule has 212 valence electrons. The van der Waals surface area contributed by atoms with Crippen molar-refractivity contribution in [3.05, 3.63) is 149 Å². The number of halogens is 1. The molecule has 0 amide bonds. The molecule has 6 rings (SSSR count). The average molecular weight is 577 g/mol. The lowest BCUT2D eigenvalue weighted by Crippen LogP contribution is -2.56. The van der Waals surface area contributed by atoms with Gasteiger partial charge in [0.2, 0.25) is 0 Å². The van der Waals surface area contributed by atoms with Gasteiger partial charge in [-0.25, -0.2) is 4.98 Å². The topological polar surface area (TPSA) is 79.1 Å². The molecule has 0 aliphatic rings. The molecule has 1 atom stereocenters. The van der Waals surface area contributed by atoms with Crippen LogP contribution in [0.3, 0.4) is 0 Å². The SMILES string of the molecule is CC(C)(Cc1cn(C(c2ccccc2)(c2ccccc2)c2ccccc2)cn1)C(C)(N)Oc1noc2ccc(Cl)cc12. The van der Waals surface area contributed by atoms with Gasteiger partial charge in [-0.2, -0.15) is 0 Å². The number of imidazole rings is 1. The largest absolute Gasteiger partial charge is 0.453 e. The minimum absolute atomic E-state index is 0.312. The highest BCUT2D eigenvalue weighted by Gasteiger charge is 2.43. The monoisotopic (exact) mass is 576 g/mol. The Hall–Kier alpha value is -4.39. The first-order chi connectivity index (χ1) is 20.2. The number of nitrogens with two attached hydrogens (primary N) is 1. The third-order valence-corrected chi connectivity index (χ3v) is 8.51. The summed E-state index contributed by atoms with van der Waals surface area (Å²) < 4.78 is 14.0. The van der Waals surface area contributed by atoms with Crippen molar-refractivity contribution in [2.24, 2.45) is 11.1 Å². The van der Waals surface area contributed by atoms with Crippen LogP contribution < -0.4 is 10.5 Å². The molecule has 0 aliphatic carbocycles. The van der Waals surface area contributed by atoms with E-state index < -0.39 is 16.7 Å². The van der Waals surface area contributed by atoms with Crippen LogP contribution in [0, 0.1) is 5.41 Å². The molecule has 2 aromatic heterocycles. The number of aromatic nitrogens is 3. The van der Waals surface area contributed by atoms with Crippen molar-refractivity contribution in [1.29, 1.82) is 0 Å². The molecule has 7 heteroatoms. The van der Waals surface area contributed by atoms with Crippen molar-refractivity contribution in [2.75, 3.05) is 0 Å². The van der Waals surface area contributed by atoms with Crippen LogP contribution in [0.2, 0.25) is 5.02 Å². The second-order valence-electron chi connectivity index (χ2n) is 11.5. The smallest absolute Gasteiger partial charge is 0.263 e. The second-order valence-corrected chi connectivity index (χ2v) is 11.9. The molecule has 0 aliphatic heterocycles. The van der Waals surface area contributed by atoms with Crippen molar-refractivity contribution in [1.82, 2.24) is 14.7 Å². The fraction of sp³-hybridized carbons (Fsp3) is 0.200. The summed E-state index contributed by atoms with van der Waals surface area (Å²) in [4.78, 5) is 4.92. The molecule has 42 heavy (non-hydrogen) atoms. The van der Waals surface area contributed by atoms with Gasteiger partial charge in [-0.05, 0) is 47.0 Å². The highest BCUT2D eigenvalue weighted by molar-refractivity contribution is 6.31. The number of fused-ring (bicyclic) bond motifs is 1. The highest BCUT2D eigenvalue weighted by Crippen LogP contribution is 2.42. The van der Waals surface area contributed by atoms with E-state index in [9.17, 15) is 0 Å². The first-order valence-electron chi connectivity index (χ1n) is 13.9. The number of hydrogen-bond donors (Lipinski definition) is 1. The molecule has 0 radical (unpaired) electrons. The van der Waals surface area contributed by atoms with Gasteiger partial charge in [0.15, 0.2) is 11.3 Å². The molecular formula is C35H33ClN4O2. The number of rotatable bonds is 9. The molecule has 6 aromatic rings. The van der Waals surface area contributed by atoms with Crippen LogP contribution in [-0.4, -0.2) is 20.4 Å². The van der Waals surface area contributed by atoms with Crippen LogP contribution in [0.4, 0.5) is 0 Å². The zero-order chi connectivity index (χ0) is 29.4.